The molecule has 1 aromatic heterocycles. The predicted octanol–water partition coefficient (Wildman–Crippen LogP) is 2.40. The minimum absolute atomic E-state index is 0.0466. The monoisotopic (exact) mass is 391 g/mol. The summed E-state index contributed by atoms with van der Waals surface area (Å²) >= 11 is 1.23. The molecular weight excluding hydrogens is 370 g/mol. The van der Waals surface area contributed by atoms with Crippen LogP contribution in [0.2, 0.25) is 0 Å². The third-order valence-corrected chi connectivity index (χ3v) is 4.22. The van der Waals surface area contributed by atoms with Crippen LogP contribution in [0.4, 0.5) is 5.82 Å². The third-order valence-electron chi connectivity index (χ3n) is 3.15. The summed E-state index contributed by atoms with van der Waals surface area (Å²) in [4.78, 5) is 36.5. The Labute approximate surface area is 161 Å². The van der Waals surface area contributed by atoms with Crippen molar-refractivity contribution in [1.29, 1.82) is 0 Å². The second kappa shape index (κ2) is 9.77. The highest BCUT2D eigenvalue weighted by atomic mass is 32.2. The lowest BCUT2D eigenvalue weighted by atomic mass is 10.2. The zero-order chi connectivity index (χ0) is 19.8. The van der Waals surface area contributed by atoms with Gasteiger partial charge in [-0.25, -0.2) is 4.79 Å². The SMILES string of the molecule is Cc1cc(NC(=O)COC(=O)c2ccccc2SCC(=O)NC(C)C)no1. The van der Waals surface area contributed by atoms with Crippen molar-refractivity contribution in [2.24, 2.45) is 0 Å². The van der Waals surface area contributed by atoms with Crippen molar-refractivity contribution >= 4 is 35.4 Å². The van der Waals surface area contributed by atoms with E-state index in [2.05, 4.69) is 15.8 Å². The van der Waals surface area contributed by atoms with E-state index in [-0.39, 0.29) is 23.5 Å². The van der Waals surface area contributed by atoms with Crippen LogP contribution < -0.4 is 10.6 Å². The molecule has 8 nitrogen and oxygen atoms in total. The van der Waals surface area contributed by atoms with Gasteiger partial charge in [-0.1, -0.05) is 17.3 Å². The third kappa shape index (κ3) is 6.78. The fourth-order valence-corrected chi connectivity index (χ4v) is 2.93. The largest absolute Gasteiger partial charge is 0.452 e. The average Bonchev–Trinajstić information content (AvgIpc) is 3.02. The topological polar surface area (TPSA) is 111 Å². The van der Waals surface area contributed by atoms with Gasteiger partial charge >= 0.3 is 5.97 Å². The molecule has 2 aromatic rings. The van der Waals surface area contributed by atoms with Crippen LogP contribution in [0.15, 0.2) is 39.8 Å². The van der Waals surface area contributed by atoms with E-state index in [0.29, 0.717) is 16.2 Å². The Morgan fingerprint density at radius 3 is 2.63 bits per heavy atom. The van der Waals surface area contributed by atoms with Gasteiger partial charge in [-0.3, -0.25) is 9.59 Å². The standard InChI is InChI=1S/C18H21N3O5S/c1-11(2)19-17(23)10-27-14-7-5-4-6-13(14)18(24)25-9-16(22)20-15-8-12(3)26-21-15/h4-8,11H,9-10H2,1-3H3,(H,19,23)(H,20,21,22). The van der Waals surface area contributed by atoms with Crippen molar-refractivity contribution in [1.82, 2.24) is 10.5 Å². The van der Waals surface area contributed by atoms with E-state index >= 15 is 0 Å². The lowest BCUT2D eigenvalue weighted by Crippen LogP contribution is -2.31. The maximum absolute atomic E-state index is 12.3. The number of hydrogen-bond donors (Lipinski definition) is 2. The molecule has 1 heterocycles. The second-order valence-corrected chi connectivity index (χ2v) is 6.97. The van der Waals surface area contributed by atoms with E-state index in [9.17, 15) is 14.4 Å². The zero-order valence-electron chi connectivity index (χ0n) is 15.3. The maximum Gasteiger partial charge on any atom is 0.339 e. The number of nitrogens with one attached hydrogen (secondary N) is 2. The van der Waals surface area contributed by atoms with E-state index in [0.717, 1.165) is 0 Å². The number of benzene rings is 1. The summed E-state index contributed by atoms with van der Waals surface area (Å²) in [5, 5.41) is 8.88. The van der Waals surface area contributed by atoms with Crippen molar-refractivity contribution in [2.75, 3.05) is 17.7 Å². The van der Waals surface area contributed by atoms with Crippen LogP contribution >= 0.6 is 11.8 Å². The number of aryl methyl sites for hydroxylation is 1. The first-order valence-corrected chi connectivity index (χ1v) is 9.25. The Bertz CT molecular complexity index is 819. The van der Waals surface area contributed by atoms with Crippen LogP contribution in [0.1, 0.15) is 30.0 Å². The minimum Gasteiger partial charge on any atom is -0.452 e. The first-order chi connectivity index (χ1) is 12.8. The van der Waals surface area contributed by atoms with Crippen LogP contribution in [-0.4, -0.2) is 41.3 Å². The number of esters is 1. The molecule has 0 aliphatic rings. The first-order valence-electron chi connectivity index (χ1n) is 8.26. The molecule has 2 amide bonds. The molecule has 0 unspecified atom stereocenters. The molecule has 0 aliphatic carbocycles. The molecule has 9 heteroatoms. The van der Waals surface area contributed by atoms with Crippen LogP contribution in [0, 0.1) is 6.92 Å². The van der Waals surface area contributed by atoms with E-state index in [1.165, 1.54) is 11.8 Å². The number of carbonyl (C=O) groups is 3. The smallest absolute Gasteiger partial charge is 0.339 e. The summed E-state index contributed by atoms with van der Waals surface area (Å²) in [6, 6.07) is 8.36. The maximum atomic E-state index is 12.3. The summed E-state index contributed by atoms with van der Waals surface area (Å²) in [7, 11) is 0. The van der Waals surface area contributed by atoms with Gasteiger partial charge in [0.15, 0.2) is 12.4 Å². The van der Waals surface area contributed by atoms with Crippen molar-refractivity contribution in [3.8, 4) is 0 Å². The number of anilines is 1. The summed E-state index contributed by atoms with van der Waals surface area (Å²) in [6.07, 6.45) is 0. The summed E-state index contributed by atoms with van der Waals surface area (Å²) < 4.78 is 9.90. The molecule has 0 atom stereocenters. The molecule has 0 fully saturated rings. The van der Waals surface area contributed by atoms with Gasteiger partial charge < -0.3 is 19.9 Å². The number of nitrogens with zero attached hydrogens (tertiary/aromatic N) is 1. The van der Waals surface area contributed by atoms with Gasteiger partial charge in [-0.15, -0.1) is 11.8 Å². The molecule has 2 rings (SSSR count). The Hall–Kier alpha value is -2.81. The average molecular weight is 391 g/mol. The number of thioether (sulfide) groups is 1. The normalized spacial score (nSPS) is 10.5. The Morgan fingerprint density at radius 1 is 1.22 bits per heavy atom. The molecule has 2 N–H and O–H groups in total. The van der Waals surface area contributed by atoms with Gasteiger partial charge in [0.25, 0.3) is 5.91 Å². The Kier molecular flexibility index (Phi) is 7.42. The Morgan fingerprint density at radius 2 is 1.96 bits per heavy atom. The molecule has 1 aromatic carbocycles. The molecule has 27 heavy (non-hydrogen) atoms. The molecule has 0 saturated carbocycles. The van der Waals surface area contributed by atoms with Gasteiger partial charge in [0.05, 0.1) is 11.3 Å². The van der Waals surface area contributed by atoms with Crippen molar-refractivity contribution in [3.05, 3.63) is 41.7 Å². The highest BCUT2D eigenvalue weighted by Gasteiger charge is 2.16. The van der Waals surface area contributed by atoms with Crippen LogP contribution in [0.3, 0.4) is 0 Å². The fraction of sp³-hybridized carbons (Fsp3) is 0.333. The molecule has 144 valence electrons. The number of amides is 2. The molecule has 0 aliphatic heterocycles. The molecular formula is C18H21N3O5S. The molecule has 0 radical (unpaired) electrons. The van der Waals surface area contributed by atoms with Gasteiger partial charge in [0.1, 0.15) is 5.76 Å². The van der Waals surface area contributed by atoms with Gasteiger partial charge in [0.2, 0.25) is 5.91 Å². The zero-order valence-corrected chi connectivity index (χ0v) is 16.1. The number of aromatic nitrogens is 1. The summed E-state index contributed by atoms with van der Waals surface area (Å²) in [5.74, 6) is -0.322. The number of ether oxygens (including phenoxy) is 1. The Balaban J connectivity index is 1.90. The van der Waals surface area contributed by atoms with Crippen molar-refractivity contribution in [3.63, 3.8) is 0 Å². The molecule has 0 saturated heterocycles. The molecule has 0 bridgehead atoms. The van der Waals surface area contributed by atoms with Gasteiger partial charge in [-0.2, -0.15) is 0 Å². The lowest BCUT2D eigenvalue weighted by molar-refractivity contribution is -0.119. The fourth-order valence-electron chi connectivity index (χ4n) is 2.08. The number of rotatable bonds is 8. The highest BCUT2D eigenvalue weighted by molar-refractivity contribution is 8.00. The minimum atomic E-state index is -0.645. The highest BCUT2D eigenvalue weighted by Crippen LogP contribution is 2.23. The first kappa shape index (κ1) is 20.5. The van der Waals surface area contributed by atoms with Gasteiger partial charge in [0, 0.05) is 17.0 Å². The summed E-state index contributed by atoms with van der Waals surface area (Å²) in [5.41, 5.74) is 0.296. The van der Waals surface area contributed by atoms with Crippen molar-refractivity contribution in [2.45, 2.75) is 31.7 Å². The number of hydrogen-bond acceptors (Lipinski definition) is 7. The van der Waals surface area contributed by atoms with Gasteiger partial charge in [-0.05, 0) is 32.9 Å². The van der Waals surface area contributed by atoms with E-state index in [1.807, 2.05) is 13.8 Å². The van der Waals surface area contributed by atoms with E-state index < -0.39 is 18.5 Å². The lowest BCUT2D eigenvalue weighted by Gasteiger charge is -2.10. The van der Waals surface area contributed by atoms with E-state index in [1.54, 1.807) is 37.3 Å². The second-order valence-electron chi connectivity index (χ2n) is 5.95. The van der Waals surface area contributed by atoms with Crippen molar-refractivity contribution < 1.29 is 23.6 Å². The van der Waals surface area contributed by atoms with Crippen LogP contribution in [-0.2, 0) is 14.3 Å². The van der Waals surface area contributed by atoms with Crippen LogP contribution in [0.25, 0.3) is 0 Å². The predicted molar refractivity (Wildman–Crippen MR) is 101 cm³/mol. The summed E-state index contributed by atoms with van der Waals surface area (Å²) in [6.45, 7) is 4.98. The number of carbonyl (C=O) groups excluding carboxylic acids is 3. The molecule has 0 spiro atoms. The quantitative estimate of drug-likeness (QED) is 0.525. The van der Waals surface area contributed by atoms with Crippen LogP contribution in [0.5, 0.6) is 0 Å². The van der Waals surface area contributed by atoms with E-state index in [4.69, 9.17) is 9.26 Å².